The first kappa shape index (κ1) is 14.3. The van der Waals surface area contributed by atoms with Crippen molar-refractivity contribution in [2.45, 2.75) is 18.9 Å². The molecule has 4 nitrogen and oxygen atoms in total. The molecule has 1 N–H and O–H groups in total. The number of carboxylic acid groups (broad SMARTS) is 1. The Kier molecular flexibility index (Phi) is 3.92. The first-order chi connectivity index (χ1) is 10.7. The van der Waals surface area contributed by atoms with Crippen molar-refractivity contribution in [2.24, 2.45) is 5.92 Å². The van der Waals surface area contributed by atoms with Crippen molar-refractivity contribution < 1.29 is 14.7 Å². The van der Waals surface area contributed by atoms with E-state index in [1.807, 2.05) is 60.7 Å². The van der Waals surface area contributed by atoms with Crippen molar-refractivity contribution in [1.82, 2.24) is 0 Å². The van der Waals surface area contributed by atoms with Crippen molar-refractivity contribution in [3.63, 3.8) is 0 Å². The molecule has 0 aromatic heterocycles. The fourth-order valence-corrected chi connectivity index (χ4v) is 3.08. The lowest BCUT2D eigenvalue weighted by Gasteiger charge is -2.39. The van der Waals surface area contributed by atoms with Crippen LogP contribution in [0.5, 0.6) is 0 Å². The Hall–Kier alpha value is -2.62. The molecule has 1 heterocycles. The summed E-state index contributed by atoms with van der Waals surface area (Å²) in [7, 11) is 0. The number of carbonyl (C=O) groups excluding carboxylic acids is 1. The number of anilines is 1. The van der Waals surface area contributed by atoms with E-state index < -0.39 is 17.9 Å². The molecule has 0 saturated carbocycles. The third-order valence-corrected chi connectivity index (χ3v) is 4.09. The minimum Gasteiger partial charge on any atom is -0.481 e. The summed E-state index contributed by atoms with van der Waals surface area (Å²) in [4.78, 5) is 25.8. The van der Waals surface area contributed by atoms with E-state index in [0.29, 0.717) is 6.42 Å². The Balaban J connectivity index is 2.10. The second-order valence-electron chi connectivity index (χ2n) is 5.44. The van der Waals surface area contributed by atoms with Gasteiger partial charge in [-0.1, -0.05) is 48.5 Å². The number of rotatable bonds is 3. The Morgan fingerprint density at radius 3 is 2.18 bits per heavy atom. The van der Waals surface area contributed by atoms with Crippen LogP contribution >= 0.6 is 0 Å². The summed E-state index contributed by atoms with van der Waals surface area (Å²) >= 11 is 0. The first-order valence-electron chi connectivity index (χ1n) is 7.33. The standard InChI is InChI=1S/C18H17NO3/c20-16-12-11-15(18(21)22)17(13-7-3-1-4-8-13)19(16)14-9-5-2-6-10-14/h1-10,15,17H,11-12H2,(H,21,22)/t15-,17-/m1/s1. The number of carboxylic acids is 1. The van der Waals surface area contributed by atoms with Crippen LogP contribution in [-0.4, -0.2) is 17.0 Å². The molecule has 0 radical (unpaired) electrons. The second kappa shape index (κ2) is 6.02. The van der Waals surface area contributed by atoms with Crippen LogP contribution in [-0.2, 0) is 9.59 Å². The zero-order valence-corrected chi connectivity index (χ0v) is 12.1. The van der Waals surface area contributed by atoms with Crippen LogP contribution in [0.25, 0.3) is 0 Å². The van der Waals surface area contributed by atoms with Gasteiger partial charge in [0.05, 0.1) is 12.0 Å². The van der Waals surface area contributed by atoms with Crippen molar-refractivity contribution >= 4 is 17.6 Å². The second-order valence-corrected chi connectivity index (χ2v) is 5.44. The van der Waals surface area contributed by atoms with E-state index in [2.05, 4.69) is 0 Å². The molecule has 2 aromatic rings. The highest BCUT2D eigenvalue weighted by Gasteiger charge is 2.41. The predicted octanol–water partition coefficient (Wildman–Crippen LogP) is 3.26. The van der Waals surface area contributed by atoms with E-state index in [1.165, 1.54) is 0 Å². The molecule has 2 aromatic carbocycles. The highest BCUT2D eigenvalue weighted by atomic mass is 16.4. The van der Waals surface area contributed by atoms with Gasteiger partial charge in [-0.3, -0.25) is 9.59 Å². The summed E-state index contributed by atoms with van der Waals surface area (Å²) in [6.45, 7) is 0. The van der Waals surface area contributed by atoms with E-state index in [9.17, 15) is 14.7 Å². The summed E-state index contributed by atoms with van der Waals surface area (Å²) in [5.41, 5.74) is 1.60. The Bertz CT molecular complexity index is 669. The van der Waals surface area contributed by atoms with Gasteiger partial charge in [0, 0.05) is 12.1 Å². The molecule has 0 bridgehead atoms. The van der Waals surface area contributed by atoms with Gasteiger partial charge in [-0.25, -0.2) is 0 Å². The molecule has 0 unspecified atom stereocenters. The van der Waals surface area contributed by atoms with Gasteiger partial charge in [-0.15, -0.1) is 0 Å². The number of hydrogen-bond donors (Lipinski definition) is 1. The molecule has 2 atom stereocenters. The molecule has 0 spiro atoms. The van der Waals surface area contributed by atoms with Crippen LogP contribution < -0.4 is 4.90 Å². The average Bonchev–Trinajstić information content (AvgIpc) is 2.56. The monoisotopic (exact) mass is 295 g/mol. The molecular formula is C18H17NO3. The highest BCUT2D eigenvalue weighted by molar-refractivity contribution is 5.96. The Morgan fingerprint density at radius 1 is 1.00 bits per heavy atom. The first-order valence-corrected chi connectivity index (χ1v) is 7.33. The van der Waals surface area contributed by atoms with Crippen LogP contribution in [0.4, 0.5) is 5.69 Å². The fourth-order valence-electron chi connectivity index (χ4n) is 3.08. The molecule has 1 fully saturated rings. The number of amides is 1. The van der Waals surface area contributed by atoms with Gasteiger partial charge in [0.15, 0.2) is 0 Å². The molecule has 112 valence electrons. The predicted molar refractivity (Wildman–Crippen MR) is 83.5 cm³/mol. The average molecular weight is 295 g/mol. The minimum atomic E-state index is -0.859. The number of nitrogens with zero attached hydrogens (tertiary/aromatic N) is 1. The third-order valence-electron chi connectivity index (χ3n) is 4.09. The van der Waals surface area contributed by atoms with Crippen molar-refractivity contribution in [1.29, 1.82) is 0 Å². The van der Waals surface area contributed by atoms with Crippen LogP contribution in [0.15, 0.2) is 60.7 Å². The van der Waals surface area contributed by atoms with Crippen LogP contribution in [0, 0.1) is 5.92 Å². The maximum absolute atomic E-state index is 12.5. The van der Waals surface area contributed by atoms with Gasteiger partial charge < -0.3 is 10.0 Å². The van der Waals surface area contributed by atoms with E-state index in [1.54, 1.807) is 4.90 Å². The summed E-state index contributed by atoms with van der Waals surface area (Å²) in [6, 6.07) is 18.2. The van der Waals surface area contributed by atoms with Gasteiger partial charge in [0.2, 0.25) is 5.91 Å². The lowest BCUT2D eigenvalue weighted by Crippen LogP contribution is -2.45. The fraction of sp³-hybridized carbons (Fsp3) is 0.222. The van der Waals surface area contributed by atoms with Crippen LogP contribution in [0.1, 0.15) is 24.4 Å². The zero-order chi connectivity index (χ0) is 15.5. The summed E-state index contributed by atoms with van der Waals surface area (Å²) in [5.74, 6) is -1.49. The largest absolute Gasteiger partial charge is 0.481 e. The summed E-state index contributed by atoms with van der Waals surface area (Å²) < 4.78 is 0. The molecule has 1 aliphatic rings. The minimum absolute atomic E-state index is 0.0300. The van der Waals surface area contributed by atoms with Crippen molar-refractivity contribution in [3.8, 4) is 0 Å². The lowest BCUT2D eigenvalue weighted by molar-refractivity contribution is -0.144. The van der Waals surface area contributed by atoms with Crippen LogP contribution in [0.2, 0.25) is 0 Å². The van der Waals surface area contributed by atoms with Gasteiger partial charge in [-0.05, 0) is 24.1 Å². The number of aliphatic carboxylic acids is 1. The van der Waals surface area contributed by atoms with Crippen LogP contribution in [0.3, 0.4) is 0 Å². The number of piperidine rings is 1. The van der Waals surface area contributed by atoms with Gasteiger partial charge in [-0.2, -0.15) is 0 Å². The normalized spacial score (nSPS) is 21.6. The number of benzene rings is 2. The molecule has 1 amide bonds. The highest BCUT2D eigenvalue weighted by Crippen LogP contribution is 2.39. The molecule has 4 heteroatoms. The number of hydrogen-bond acceptors (Lipinski definition) is 2. The lowest BCUT2D eigenvalue weighted by atomic mass is 9.84. The molecule has 0 aliphatic carbocycles. The topological polar surface area (TPSA) is 57.6 Å². The Labute approximate surface area is 129 Å². The molecule has 1 aliphatic heterocycles. The quantitative estimate of drug-likeness (QED) is 0.945. The van der Waals surface area contributed by atoms with Crippen molar-refractivity contribution in [2.75, 3.05) is 4.90 Å². The summed E-state index contributed by atoms with van der Waals surface area (Å²) in [5, 5.41) is 9.58. The molecule has 22 heavy (non-hydrogen) atoms. The van der Waals surface area contributed by atoms with Gasteiger partial charge in [0.1, 0.15) is 0 Å². The molecule has 3 rings (SSSR count). The maximum Gasteiger partial charge on any atom is 0.308 e. The van der Waals surface area contributed by atoms with Crippen molar-refractivity contribution in [3.05, 3.63) is 66.2 Å². The smallest absolute Gasteiger partial charge is 0.308 e. The SMILES string of the molecule is O=C(O)[C@@H]1CCC(=O)N(c2ccccc2)[C@@H]1c1ccccc1. The summed E-state index contributed by atoms with van der Waals surface area (Å²) in [6.07, 6.45) is 0.631. The maximum atomic E-state index is 12.5. The molecular weight excluding hydrogens is 278 g/mol. The van der Waals surface area contributed by atoms with E-state index in [0.717, 1.165) is 11.3 Å². The van der Waals surface area contributed by atoms with E-state index >= 15 is 0 Å². The van der Waals surface area contributed by atoms with E-state index in [-0.39, 0.29) is 12.3 Å². The number of para-hydroxylation sites is 1. The third kappa shape index (κ3) is 2.60. The Morgan fingerprint density at radius 2 is 1.59 bits per heavy atom. The van der Waals surface area contributed by atoms with Gasteiger partial charge >= 0.3 is 5.97 Å². The van der Waals surface area contributed by atoms with E-state index in [4.69, 9.17) is 0 Å². The zero-order valence-electron chi connectivity index (χ0n) is 12.1. The molecule has 1 saturated heterocycles. The number of carbonyl (C=O) groups is 2. The van der Waals surface area contributed by atoms with Gasteiger partial charge in [0.25, 0.3) is 0 Å².